The number of hydrogen-bond acceptors (Lipinski definition) is 27. The molecule has 11 rings (SSSR count). The maximum absolute atomic E-state index is 14.2. The summed E-state index contributed by atoms with van der Waals surface area (Å²) in [7, 11) is 0. The van der Waals surface area contributed by atoms with Crippen molar-refractivity contribution in [2.45, 2.75) is 280 Å². The monoisotopic (exact) mass is 1360 g/mol. The van der Waals surface area contributed by atoms with Crippen molar-refractivity contribution in [3.05, 3.63) is 53.6 Å². The van der Waals surface area contributed by atoms with Gasteiger partial charge in [0.05, 0.1) is 42.5 Å². The van der Waals surface area contributed by atoms with Gasteiger partial charge in [-0.25, -0.2) is 14.4 Å². The van der Waals surface area contributed by atoms with E-state index in [1.807, 2.05) is 58.0 Å². The minimum atomic E-state index is -2.30. The molecule has 1 aromatic carbocycles. The number of aliphatic hydroxyl groups is 13. The van der Waals surface area contributed by atoms with Crippen LogP contribution < -0.4 is 0 Å². The Labute approximate surface area is 556 Å². The van der Waals surface area contributed by atoms with Crippen LogP contribution in [0.1, 0.15) is 126 Å². The first kappa shape index (κ1) is 73.4. The fourth-order valence-corrected chi connectivity index (χ4v) is 19.7. The summed E-state index contributed by atoms with van der Waals surface area (Å²) in [5, 5.41) is 158. The second-order valence-corrected chi connectivity index (χ2v) is 30.8. The molecule has 33 atom stereocenters. The molecular formula is C68H100O28. The Kier molecular flexibility index (Phi) is 20.6. The smallest absolute Gasteiger partial charge is 0.335 e. The number of benzene rings is 1. The molecule has 28 heteroatoms. The third-order valence-corrected chi connectivity index (χ3v) is 25.2. The van der Waals surface area contributed by atoms with Gasteiger partial charge in [0.25, 0.3) is 0 Å². The number of carbonyl (C=O) groups is 3. The topological polar surface area (TPSA) is 436 Å². The summed E-state index contributed by atoms with van der Waals surface area (Å²) in [4.78, 5) is 41.4. The van der Waals surface area contributed by atoms with Gasteiger partial charge in [0, 0.05) is 28.4 Å². The molecule has 540 valence electrons. The highest BCUT2D eigenvalue weighted by molar-refractivity contribution is 5.88. The molecule has 2 bridgehead atoms. The van der Waals surface area contributed by atoms with Crippen LogP contribution in [0.25, 0.3) is 6.08 Å². The third-order valence-electron chi connectivity index (χ3n) is 25.2. The predicted molar refractivity (Wildman–Crippen MR) is 328 cm³/mol. The van der Waals surface area contributed by atoms with Crippen LogP contribution in [0.15, 0.2) is 48.1 Å². The minimum absolute atomic E-state index is 0.0806. The van der Waals surface area contributed by atoms with E-state index in [2.05, 4.69) is 20.8 Å². The van der Waals surface area contributed by atoms with Crippen LogP contribution in [0.5, 0.6) is 0 Å². The van der Waals surface area contributed by atoms with Gasteiger partial charge in [-0.05, 0) is 112 Å². The second kappa shape index (κ2) is 26.9. The molecule has 5 aliphatic carbocycles. The van der Waals surface area contributed by atoms with Gasteiger partial charge in [-0.1, -0.05) is 84.9 Å². The average molecular weight is 1370 g/mol. The summed E-state index contributed by atoms with van der Waals surface area (Å²) in [5.74, 6) is -4.03. The number of fused-ring (bicyclic) bond motifs is 4. The summed E-state index contributed by atoms with van der Waals surface area (Å²) < 4.78 is 69.4. The van der Waals surface area contributed by atoms with Crippen LogP contribution in [0.2, 0.25) is 0 Å². The summed E-state index contributed by atoms with van der Waals surface area (Å²) >= 11 is 0. The summed E-state index contributed by atoms with van der Waals surface area (Å²) in [6.45, 7) is 17.4. The van der Waals surface area contributed by atoms with Crippen LogP contribution in [0.4, 0.5) is 0 Å². The van der Waals surface area contributed by atoms with Crippen LogP contribution >= 0.6 is 0 Å². The number of rotatable bonds is 16. The Morgan fingerprint density at radius 1 is 0.594 bits per heavy atom. The normalized spacial score (nSPS) is 50.5. The molecule has 0 aromatic heterocycles. The number of hydrogen-bond donors (Lipinski definition) is 14. The Morgan fingerprint density at radius 2 is 1.18 bits per heavy atom. The fraction of sp³-hybridized carbons (Fsp3) is 0.809. The van der Waals surface area contributed by atoms with Gasteiger partial charge in [0.15, 0.2) is 43.7 Å². The highest BCUT2D eigenvalue weighted by Crippen LogP contribution is 2.82. The van der Waals surface area contributed by atoms with Crippen molar-refractivity contribution < 1.29 is 138 Å². The molecule has 0 radical (unpaired) electrons. The first-order valence-electron chi connectivity index (χ1n) is 33.7. The molecule has 5 heterocycles. The summed E-state index contributed by atoms with van der Waals surface area (Å²) in [6, 6.07) is 9.13. The molecule has 1 spiro atoms. The Bertz CT molecular complexity index is 3020. The lowest BCUT2D eigenvalue weighted by Gasteiger charge is -2.75. The van der Waals surface area contributed by atoms with Gasteiger partial charge in [-0.3, -0.25) is 0 Å². The molecule has 14 N–H and O–H groups in total. The predicted octanol–water partition coefficient (Wildman–Crippen LogP) is -0.189. The number of aliphatic carboxylic acids is 1. The summed E-state index contributed by atoms with van der Waals surface area (Å²) in [5.41, 5.74) is -5.48. The van der Waals surface area contributed by atoms with E-state index in [4.69, 9.17) is 52.1 Å². The zero-order chi connectivity index (χ0) is 70.1. The molecule has 1 aromatic rings. The SMILES string of the molecule is C/C=C(/C)C(=O)O[C@H]1[C@H](OC(=O)/C=C/c2ccccc2)[C@@]23[C@H](O)C[C@]4(C)[C@@](CC[C@@H]5[C@@]6(C)CC[C@H](O[C@@H]7O[C@H](C(=O)O)[C@@H](O)[C@H](O[C@@H]8O[C@H](CO)[C@H](O)[C@H](O)[C@H]8O[C@@H]8O[C@@H](C)[C@H](O)[C@@H](O)[C@H]8O)[C@H]7O[C@@H]7O[C@H](CO)[C@H](O)[C@H](O)[C@H]7O)C(C)(C)[C@@H]6CC[C@]54C)(O[C@@H]2O)[C@H]3CC1(C)C. The van der Waals surface area contributed by atoms with Crippen molar-refractivity contribution in [3.63, 3.8) is 0 Å². The van der Waals surface area contributed by atoms with E-state index >= 15 is 0 Å². The zero-order valence-corrected chi connectivity index (χ0v) is 55.8. The van der Waals surface area contributed by atoms with Crippen molar-refractivity contribution in [3.8, 4) is 0 Å². The molecule has 10 fully saturated rings. The first-order chi connectivity index (χ1) is 45.0. The average Bonchev–Trinajstić information content (AvgIpc) is 1.39. The van der Waals surface area contributed by atoms with Gasteiger partial charge in [-0.2, -0.15) is 0 Å². The van der Waals surface area contributed by atoms with Crippen molar-refractivity contribution in [2.24, 2.45) is 50.2 Å². The Balaban J connectivity index is 0.909. The van der Waals surface area contributed by atoms with Gasteiger partial charge in [-0.15, -0.1) is 0 Å². The molecular weight excluding hydrogens is 1260 g/mol. The van der Waals surface area contributed by atoms with E-state index < -0.39 is 229 Å². The Hall–Kier alpha value is -3.77. The summed E-state index contributed by atoms with van der Waals surface area (Å²) in [6.07, 6.45) is -36.9. The maximum atomic E-state index is 14.2. The van der Waals surface area contributed by atoms with Crippen LogP contribution in [0, 0.1) is 50.2 Å². The van der Waals surface area contributed by atoms with Gasteiger partial charge >= 0.3 is 17.9 Å². The lowest BCUT2D eigenvalue weighted by Crippen LogP contribution is -2.77. The standard InChI is InChI=1S/C68H100O28/c1-11-29(2)56(84)95-53-54(90-39(72)18-17-31-15-13-12-14-16-31)68-36(25-62(53,4)5)67(96-61(68)85)24-20-35-64(8)22-21-38(63(6,7)34(64)19-23-65(35,9)66(67,10)26-37(68)71)89-60-52(94-58-47(80)44(77)41(74)32(27-69)87-58)49(48(81)50(92-60)55(82)83)91-59-51(45(78)42(75)33(28-70)88-59)93-57-46(79)43(76)40(73)30(3)86-57/h11-18,30,32-38,40-54,57-61,69-71,73-81,85H,19-28H2,1-10H3,(H,82,83)/b18-17+,29-11-/t30-,32+,33+,34-,35+,36+,37+,38-,40-,41-,42-,43+,44-,45-,46+,47+,48-,49-,50-,51+,52+,53-,54-,57-,58-,59-,60+,61-,64-,65+,66-,67-,68+/m0/s1. The molecule has 5 aliphatic heterocycles. The lowest BCUT2D eigenvalue weighted by molar-refractivity contribution is -0.406. The molecule has 96 heavy (non-hydrogen) atoms. The highest BCUT2D eigenvalue weighted by atomic mass is 16.8. The molecule has 5 saturated heterocycles. The zero-order valence-electron chi connectivity index (χ0n) is 55.8. The maximum Gasteiger partial charge on any atom is 0.335 e. The van der Waals surface area contributed by atoms with Gasteiger partial charge in [0.2, 0.25) is 0 Å². The number of carbonyl (C=O) groups excluding carboxylic acids is 2. The molecule has 10 aliphatic rings. The number of allylic oxidation sites excluding steroid dienone is 1. The minimum Gasteiger partial charge on any atom is -0.479 e. The van der Waals surface area contributed by atoms with Crippen molar-refractivity contribution in [1.29, 1.82) is 0 Å². The third kappa shape index (κ3) is 11.7. The van der Waals surface area contributed by atoms with Gasteiger partial charge < -0.3 is 124 Å². The van der Waals surface area contributed by atoms with E-state index in [0.29, 0.717) is 44.1 Å². The van der Waals surface area contributed by atoms with Crippen molar-refractivity contribution in [2.75, 3.05) is 13.2 Å². The van der Waals surface area contributed by atoms with Gasteiger partial charge in [0.1, 0.15) is 91.6 Å². The molecule has 5 saturated carbocycles. The van der Waals surface area contributed by atoms with Crippen molar-refractivity contribution in [1.82, 2.24) is 0 Å². The van der Waals surface area contributed by atoms with E-state index in [1.54, 1.807) is 26.0 Å². The Morgan fingerprint density at radius 3 is 1.81 bits per heavy atom. The lowest BCUT2D eigenvalue weighted by atomic mass is 9.30. The van der Waals surface area contributed by atoms with E-state index in [-0.39, 0.29) is 24.7 Å². The molecule has 28 nitrogen and oxygen atoms in total. The first-order valence-corrected chi connectivity index (χ1v) is 33.7. The fourth-order valence-electron chi connectivity index (χ4n) is 19.7. The highest BCUT2D eigenvalue weighted by Gasteiger charge is 2.86. The van der Waals surface area contributed by atoms with E-state index in [9.17, 15) is 85.9 Å². The molecule has 0 amide bonds. The van der Waals surface area contributed by atoms with E-state index in [0.717, 1.165) is 5.56 Å². The number of esters is 2. The number of aliphatic hydroxyl groups excluding tert-OH is 13. The van der Waals surface area contributed by atoms with Crippen LogP contribution in [0.3, 0.4) is 0 Å². The van der Waals surface area contributed by atoms with E-state index in [1.165, 1.54) is 13.0 Å². The number of carboxylic acid groups (broad SMARTS) is 1. The quantitative estimate of drug-likeness (QED) is 0.0579. The van der Waals surface area contributed by atoms with Crippen LogP contribution in [-0.2, 0) is 66.5 Å². The second-order valence-electron chi connectivity index (χ2n) is 30.8. The molecule has 0 unspecified atom stereocenters. The number of carboxylic acids is 1. The van der Waals surface area contributed by atoms with Crippen molar-refractivity contribution >= 4 is 24.0 Å². The van der Waals surface area contributed by atoms with Crippen LogP contribution in [-0.4, -0.2) is 262 Å². The number of ether oxygens (including phenoxy) is 11. The largest absolute Gasteiger partial charge is 0.479 e.